The van der Waals surface area contributed by atoms with Gasteiger partial charge in [-0.1, -0.05) is 6.07 Å². The van der Waals surface area contributed by atoms with Crippen molar-refractivity contribution in [3.63, 3.8) is 0 Å². The molecule has 0 aliphatic rings. The number of hydrogen-bond donors (Lipinski definition) is 3. The maximum absolute atomic E-state index is 11.8. The third-order valence-corrected chi connectivity index (χ3v) is 5.95. The molecule has 0 aliphatic heterocycles. The van der Waals surface area contributed by atoms with Gasteiger partial charge in [0, 0.05) is 11.5 Å². The first-order valence-electron chi connectivity index (χ1n) is 8.30. The number of hydrogen-bond acceptors (Lipinski definition) is 11. The van der Waals surface area contributed by atoms with Crippen molar-refractivity contribution in [2.24, 2.45) is 10.2 Å². The SMILES string of the molecule is O=[N+]([O-])c1cccc(N=Nc2c(S(=O)(=O)O)cc3cc(S(=O)(=O)O)ccc3c2O)c1[N+](=O)[O-]. The van der Waals surface area contributed by atoms with Crippen molar-refractivity contribution < 1.29 is 40.9 Å². The molecule has 0 amide bonds. The number of fused-ring (bicyclic) bond motifs is 1. The predicted molar refractivity (Wildman–Crippen MR) is 109 cm³/mol. The highest BCUT2D eigenvalue weighted by Crippen LogP contribution is 2.43. The summed E-state index contributed by atoms with van der Waals surface area (Å²) < 4.78 is 65.0. The Bertz CT molecular complexity index is 1580. The first-order chi connectivity index (χ1) is 15.2. The Labute approximate surface area is 183 Å². The minimum Gasteiger partial charge on any atom is -0.505 e. The lowest BCUT2D eigenvalue weighted by Gasteiger charge is -2.09. The van der Waals surface area contributed by atoms with E-state index in [9.17, 15) is 46.7 Å². The topological polar surface area (TPSA) is 240 Å². The van der Waals surface area contributed by atoms with Crippen molar-refractivity contribution in [2.45, 2.75) is 9.79 Å². The normalized spacial score (nSPS) is 12.3. The van der Waals surface area contributed by atoms with Crippen molar-refractivity contribution in [1.82, 2.24) is 0 Å². The number of nitrogens with zero attached hydrogens (tertiary/aromatic N) is 4. The molecule has 0 bridgehead atoms. The number of phenols is 1. The van der Waals surface area contributed by atoms with Gasteiger partial charge in [-0.3, -0.25) is 29.3 Å². The molecule has 0 heterocycles. The molecule has 0 spiro atoms. The Hall–Kier alpha value is -4.06. The summed E-state index contributed by atoms with van der Waals surface area (Å²) in [5.41, 5.74) is -3.52. The third-order valence-electron chi connectivity index (χ3n) is 4.23. The molecule has 3 aromatic rings. The van der Waals surface area contributed by atoms with Gasteiger partial charge in [-0.25, -0.2) is 0 Å². The summed E-state index contributed by atoms with van der Waals surface area (Å²) in [6.07, 6.45) is 0. The van der Waals surface area contributed by atoms with Crippen LogP contribution in [-0.2, 0) is 20.2 Å². The van der Waals surface area contributed by atoms with Gasteiger partial charge in [-0.2, -0.15) is 16.8 Å². The zero-order valence-electron chi connectivity index (χ0n) is 15.8. The van der Waals surface area contributed by atoms with E-state index in [-0.39, 0.29) is 10.8 Å². The van der Waals surface area contributed by atoms with Crippen LogP contribution < -0.4 is 0 Å². The Kier molecular flexibility index (Phi) is 5.81. The summed E-state index contributed by atoms with van der Waals surface area (Å²) in [5.74, 6) is -0.918. The molecule has 172 valence electrons. The maximum atomic E-state index is 11.8. The first-order valence-corrected chi connectivity index (χ1v) is 11.2. The number of azo groups is 1. The van der Waals surface area contributed by atoms with Crippen LogP contribution in [0.15, 0.2) is 62.5 Å². The number of phenolic OH excluding ortho intramolecular Hbond substituents is 1. The smallest absolute Gasteiger partial charge is 0.373 e. The molecule has 17 heteroatoms. The van der Waals surface area contributed by atoms with E-state index in [1.807, 2.05) is 0 Å². The molecule has 0 atom stereocenters. The highest BCUT2D eigenvalue weighted by atomic mass is 32.2. The van der Waals surface area contributed by atoms with Gasteiger partial charge >= 0.3 is 11.4 Å². The van der Waals surface area contributed by atoms with Crippen LogP contribution in [0.4, 0.5) is 22.7 Å². The average molecular weight is 498 g/mol. The molecule has 0 unspecified atom stereocenters. The van der Waals surface area contributed by atoms with E-state index in [1.54, 1.807) is 0 Å². The lowest BCUT2D eigenvalue weighted by molar-refractivity contribution is -0.421. The van der Waals surface area contributed by atoms with Crippen LogP contribution in [-0.4, -0.2) is 40.9 Å². The van der Waals surface area contributed by atoms with Gasteiger partial charge < -0.3 is 5.11 Å². The summed E-state index contributed by atoms with van der Waals surface area (Å²) in [7, 11) is -9.81. The highest BCUT2D eigenvalue weighted by Gasteiger charge is 2.29. The quantitative estimate of drug-likeness (QED) is 0.193. The number of benzene rings is 3. The van der Waals surface area contributed by atoms with E-state index >= 15 is 0 Å². The molecule has 33 heavy (non-hydrogen) atoms. The molecule has 3 N–H and O–H groups in total. The van der Waals surface area contributed by atoms with Gasteiger partial charge in [0.2, 0.25) is 0 Å². The summed E-state index contributed by atoms with van der Waals surface area (Å²) >= 11 is 0. The Morgan fingerprint density at radius 1 is 0.848 bits per heavy atom. The second kappa shape index (κ2) is 8.13. The van der Waals surface area contributed by atoms with E-state index in [2.05, 4.69) is 10.2 Å². The molecule has 0 fully saturated rings. The first kappa shape index (κ1) is 23.6. The molecule has 3 aromatic carbocycles. The van der Waals surface area contributed by atoms with Gasteiger partial charge in [-0.15, -0.1) is 10.2 Å². The van der Waals surface area contributed by atoms with Crippen LogP contribution >= 0.6 is 0 Å². The highest BCUT2D eigenvalue weighted by molar-refractivity contribution is 7.86. The monoisotopic (exact) mass is 498 g/mol. The number of nitro groups is 2. The summed E-state index contributed by atoms with van der Waals surface area (Å²) in [4.78, 5) is 18.5. The van der Waals surface area contributed by atoms with Crippen LogP contribution in [0, 0.1) is 20.2 Å². The van der Waals surface area contributed by atoms with Crippen LogP contribution in [0.25, 0.3) is 10.8 Å². The molecule has 15 nitrogen and oxygen atoms in total. The lowest BCUT2D eigenvalue weighted by Crippen LogP contribution is -2.00. The van der Waals surface area contributed by atoms with Gasteiger partial charge in [0.05, 0.1) is 14.7 Å². The van der Waals surface area contributed by atoms with E-state index in [0.717, 1.165) is 42.5 Å². The molecular formula is C16H10N4O11S2. The second-order valence-electron chi connectivity index (χ2n) is 6.26. The lowest BCUT2D eigenvalue weighted by atomic mass is 10.1. The van der Waals surface area contributed by atoms with Crippen molar-refractivity contribution in [2.75, 3.05) is 0 Å². The largest absolute Gasteiger partial charge is 0.505 e. The molecule has 0 saturated heterocycles. The van der Waals surface area contributed by atoms with Crippen molar-refractivity contribution in [3.05, 3.63) is 62.7 Å². The summed E-state index contributed by atoms with van der Waals surface area (Å²) in [6, 6.07) is 6.27. The van der Waals surface area contributed by atoms with E-state index in [4.69, 9.17) is 4.55 Å². The number of aromatic hydroxyl groups is 1. The van der Waals surface area contributed by atoms with Gasteiger partial charge in [0.1, 0.15) is 10.6 Å². The molecule has 0 saturated carbocycles. The van der Waals surface area contributed by atoms with Crippen LogP contribution in [0.2, 0.25) is 0 Å². The van der Waals surface area contributed by atoms with Crippen molar-refractivity contribution >= 4 is 53.8 Å². The number of rotatable bonds is 6. The average Bonchev–Trinajstić information content (AvgIpc) is 2.70. The minimum absolute atomic E-state index is 0.183. The zero-order chi connectivity index (χ0) is 24.7. The van der Waals surface area contributed by atoms with Crippen molar-refractivity contribution in [3.8, 4) is 5.75 Å². The number of nitro benzene ring substituents is 2. The van der Waals surface area contributed by atoms with Crippen LogP contribution in [0.5, 0.6) is 5.75 Å². The fourth-order valence-electron chi connectivity index (χ4n) is 2.82. The van der Waals surface area contributed by atoms with E-state index in [0.29, 0.717) is 0 Å². The van der Waals surface area contributed by atoms with Gasteiger partial charge in [0.25, 0.3) is 20.2 Å². The molecule has 0 aromatic heterocycles. The number of para-hydroxylation sites is 1. The van der Waals surface area contributed by atoms with Crippen LogP contribution in [0.3, 0.4) is 0 Å². The predicted octanol–water partition coefficient (Wildman–Crippen LogP) is 3.27. The van der Waals surface area contributed by atoms with E-state index < -0.39 is 68.4 Å². The van der Waals surface area contributed by atoms with Crippen molar-refractivity contribution in [1.29, 1.82) is 0 Å². The van der Waals surface area contributed by atoms with Gasteiger partial charge in [0.15, 0.2) is 11.4 Å². The standard InChI is InChI=1S/C16H10N4O11S2/c21-16-10-5-4-9(32(26,27)28)6-8(10)7-13(33(29,30)31)14(16)18-17-11-2-1-3-12(19(22)23)15(11)20(24)25/h1-7,21H,(H,26,27,28)(H,29,30,31). The maximum Gasteiger partial charge on any atom is 0.373 e. The Balaban J connectivity index is 2.31. The fraction of sp³-hybridized carbons (Fsp3) is 0. The molecular weight excluding hydrogens is 488 g/mol. The zero-order valence-corrected chi connectivity index (χ0v) is 17.4. The molecule has 0 radical (unpaired) electrons. The third kappa shape index (κ3) is 4.60. The summed E-state index contributed by atoms with van der Waals surface area (Å²) in [6.45, 7) is 0. The molecule has 3 rings (SSSR count). The van der Waals surface area contributed by atoms with E-state index in [1.165, 1.54) is 0 Å². The fourth-order valence-corrected chi connectivity index (χ4v) is 4.00. The second-order valence-corrected chi connectivity index (χ2v) is 9.08. The van der Waals surface area contributed by atoms with Crippen LogP contribution in [0.1, 0.15) is 0 Å². The Morgan fingerprint density at radius 3 is 2.06 bits per heavy atom. The Morgan fingerprint density at radius 2 is 1.52 bits per heavy atom. The molecule has 0 aliphatic carbocycles. The minimum atomic E-state index is -5.12. The summed E-state index contributed by atoms with van der Waals surface area (Å²) in [5, 5.41) is 39.3. The van der Waals surface area contributed by atoms with Gasteiger partial charge in [-0.05, 0) is 35.7 Å².